The van der Waals surface area contributed by atoms with Crippen molar-refractivity contribution in [2.24, 2.45) is 0 Å². The van der Waals surface area contributed by atoms with Crippen LogP contribution in [0.1, 0.15) is 70.6 Å². The number of hydrogen-bond acceptors (Lipinski definition) is 2. The van der Waals surface area contributed by atoms with Crippen molar-refractivity contribution < 1.29 is 4.74 Å². The molecular formula is C15H29NO. The van der Waals surface area contributed by atoms with E-state index < -0.39 is 0 Å². The Balaban J connectivity index is 1.44. The van der Waals surface area contributed by atoms with Crippen LogP contribution in [0.5, 0.6) is 0 Å². The Kier molecular flexibility index (Phi) is 6.36. The fraction of sp³-hybridized carbons (Fsp3) is 1.00. The highest BCUT2D eigenvalue weighted by atomic mass is 16.5. The van der Waals surface area contributed by atoms with Crippen LogP contribution < -0.4 is 5.32 Å². The lowest BCUT2D eigenvalue weighted by atomic mass is 10.1. The molecule has 0 bridgehead atoms. The van der Waals surface area contributed by atoms with E-state index in [2.05, 4.69) is 5.32 Å². The quantitative estimate of drug-likeness (QED) is 0.564. The molecule has 2 heteroatoms. The SMILES string of the molecule is C1CCCC(OCCCNC2CCCC2)CC1. The molecule has 0 aromatic heterocycles. The molecule has 0 unspecified atom stereocenters. The first-order valence-corrected chi connectivity index (χ1v) is 7.80. The molecule has 100 valence electrons. The van der Waals surface area contributed by atoms with Crippen LogP contribution in [0.15, 0.2) is 0 Å². The van der Waals surface area contributed by atoms with Gasteiger partial charge in [-0.3, -0.25) is 0 Å². The van der Waals surface area contributed by atoms with Crippen molar-refractivity contribution in [3.8, 4) is 0 Å². The topological polar surface area (TPSA) is 21.3 Å². The minimum Gasteiger partial charge on any atom is -0.378 e. The van der Waals surface area contributed by atoms with Crippen LogP contribution in [0.25, 0.3) is 0 Å². The van der Waals surface area contributed by atoms with Gasteiger partial charge in [-0.1, -0.05) is 38.5 Å². The molecule has 0 spiro atoms. The van der Waals surface area contributed by atoms with Gasteiger partial charge in [0.05, 0.1) is 6.10 Å². The molecule has 0 saturated heterocycles. The van der Waals surface area contributed by atoms with E-state index in [9.17, 15) is 0 Å². The fourth-order valence-electron chi connectivity index (χ4n) is 3.17. The fourth-order valence-corrected chi connectivity index (χ4v) is 3.17. The normalized spacial score (nSPS) is 24.0. The van der Waals surface area contributed by atoms with E-state index in [0.717, 1.165) is 19.2 Å². The number of hydrogen-bond donors (Lipinski definition) is 1. The van der Waals surface area contributed by atoms with Gasteiger partial charge in [-0.05, 0) is 38.6 Å². The third kappa shape index (κ3) is 5.39. The first-order chi connectivity index (χ1) is 8.45. The third-order valence-electron chi connectivity index (χ3n) is 4.27. The lowest BCUT2D eigenvalue weighted by molar-refractivity contribution is 0.0416. The smallest absolute Gasteiger partial charge is 0.0575 e. The van der Waals surface area contributed by atoms with Crippen LogP contribution in [-0.2, 0) is 4.74 Å². The zero-order valence-corrected chi connectivity index (χ0v) is 11.3. The van der Waals surface area contributed by atoms with Gasteiger partial charge < -0.3 is 10.1 Å². The van der Waals surface area contributed by atoms with Crippen molar-refractivity contribution in [1.82, 2.24) is 5.32 Å². The van der Waals surface area contributed by atoms with Crippen molar-refractivity contribution in [3.63, 3.8) is 0 Å². The Morgan fingerprint density at radius 1 is 0.824 bits per heavy atom. The molecule has 17 heavy (non-hydrogen) atoms. The molecular weight excluding hydrogens is 210 g/mol. The van der Waals surface area contributed by atoms with Crippen molar-refractivity contribution in [2.45, 2.75) is 82.8 Å². The van der Waals surface area contributed by atoms with Gasteiger partial charge in [-0.15, -0.1) is 0 Å². The third-order valence-corrected chi connectivity index (χ3v) is 4.27. The van der Waals surface area contributed by atoms with Crippen molar-refractivity contribution in [3.05, 3.63) is 0 Å². The summed E-state index contributed by atoms with van der Waals surface area (Å²) in [6, 6.07) is 0.813. The van der Waals surface area contributed by atoms with E-state index >= 15 is 0 Å². The molecule has 0 aromatic rings. The summed E-state index contributed by atoms with van der Waals surface area (Å²) in [6.45, 7) is 2.11. The summed E-state index contributed by atoms with van der Waals surface area (Å²) < 4.78 is 5.99. The molecule has 0 aromatic carbocycles. The summed E-state index contributed by atoms with van der Waals surface area (Å²) in [5, 5.41) is 3.65. The summed E-state index contributed by atoms with van der Waals surface area (Å²) in [6.07, 6.45) is 15.6. The van der Waals surface area contributed by atoms with Gasteiger partial charge in [-0.25, -0.2) is 0 Å². The minimum atomic E-state index is 0.573. The van der Waals surface area contributed by atoms with E-state index in [-0.39, 0.29) is 0 Å². The summed E-state index contributed by atoms with van der Waals surface area (Å²) in [5.74, 6) is 0. The van der Waals surface area contributed by atoms with Gasteiger partial charge >= 0.3 is 0 Å². The van der Waals surface area contributed by atoms with Gasteiger partial charge in [0.1, 0.15) is 0 Å². The van der Waals surface area contributed by atoms with E-state index in [1.54, 1.807) is 0 Å². The molecule has 0 aliphatic heterocycles. The number of nitrogens with one attached hydrogen (secondary N) is 1. The second kappa shape index (κ2) is 8.10. The van der Waals surface area contributed by atoms with Crippen molar-refractivity contribution in [1.29, 1.82) is 0 Å². The van der Waals surface area contributed by atoms with Crippen LogP contribution in [0.4, 0.5) is 0 Å². The van der Waals surface area contributed by atoms with Crippen LogP contribution in [0.2, 0.25) is 0 Å². The minimum absolute atomic E-state index is 0.573. The summed E-state index contributed by atoms with van der Waals surface area (Å²) in [7, 11) is 0. The van der Waals surface area contributed by atoms with E-state index in [4.69, 9.17) is 4.74 Å². The molecule has 1 N–H and O–H groups in total. The molecule has 2 aliphatic carbocycles. The molecule has 2 saturated carbocycles. The summed E-state index contributed by atoms with van der Waals surface area (Å²) in [5.41, 5.74) is 0. The maximum Gasteiger partial charge on any atom is 0.0575 e. The second-order valence-electron chi connectivity index (χ2n) is 5.77. The second-order valence-corrected chi connectivity index (χ2v) is 5.77. The number of rotatable bonds is 6. The average molecular weight is 239 g/mol. The highest BCUT2D eigenvalue weighted by molar-refractivity contribution is 4.73. The van der Waals surface area contributed by atoms with Crippen molar-refractivity contribution in [2.75, 3.05) is 13.2 Å². The molecule has 0 amide bonds. The van der Waals surface area contributed by atoms with Gasteiger partial charge in [0.15, 0.2) is 0 Å². The highest BCUT2D eigenvalue weighted by Crippen LogP contribution is 2.20. The Labute approximate surface area is 107 Å². The van der Waals surface area contributed by atoms with E-state index in [0.29, 0.717) is 6.10 Å². The molecule has 0 radical (unpaired) electrons. The van der Waals surface area contributed by atoms with Crippen LogP contribution in [0.3, 0.4) is 0 Å². The monoisotopic (exact) mass is 239 g/mol. The molecule has 2 aliphatic rings. The van der Waals surface area contributed by atoms with Gasteiger partial charge in [-0.2, -0.15) is 0 Å². The predicted molar refractivity (Wildman–Crippen MR) is 72.3 cm³/mol. The van der Waals surface area contributed by atoms with Gasteiger partial charge in [0.2, 0.25) is 0 Å². The van der Waals surface area contributed by atoms with Gasteiger partial charge in [0, 0.05) is 12.6 Å². The average Bonchev–Trinajstić information content (AvgIpc) is 2.72. The maximum absolute atomic E-state index is 5.99. The lowest BCUT2D eigenvalue weighted by Gasteiger charge is -2.16. The molecule has 0 atom stereocenters. The van der Waals surface area contributed by atoms with Crippen LogP contribution >= 0.6 is 0 Å². The summed E-state index contributed by atoms with van der Waals surface area (Å²) in [4.78, 5) is 0. The first kappa shape index (κ1) is 13.4. The molecule has 2 nitrogen and oxygen atoms in total. The van der Waals surface area contributed by atoms with Crippen molar-refractivity contribution >= 4 is 0 Å². The Bertz CT molecular complexity index is 181. The Morgan fingerprint density at radius 2 is 1.47 bits per heavy atom. The lowest BCUT2D eigenvalue weighted by Crippen LogP contribution is -2.28. The number of ether oxygens (including phenoxy) is 1. The van der Waals surface area contributed by atoms with E-state index in [1.165, 1.54) is 70.6 Å². The highest BCUT2D eigenvalue weighted by Gasteiger charge is 2.14. The zero-order chi connectivity index (χ0) is 11.8. The first-order valence-electron chi connectivity index (χ1n) is 7.80. The standard InChI is InChI=1S/C15H29NO/c1-2-4-11-15(10-3-1)17-13-7-12-16-14-8-5-6-9-14/h14-16H,1-13H2. The zero-order valence-electron chi connectivity index (χ0n) is 11.3. The van der Waals surface area contributed by atoms with Crippen LogP contribution in [0, 0.1) is 0 Å². The predicted octanol–water partition coefficient (Wildman–Crippen LogP) is 3.65. The molecule has 2 rings (SSSR count). The largest absolute Gasteiger partial charge is 0.378 e. The van der Waals surface area contributed by atoms with Gasteiger partial charge in [0.25, 0.3) is 0 Å². The van der Waals surface area contributed by atoms with Crippen LogP contribution in [-0.4, -0.2) is 25.3 Å². The molecule has 2 fully saturated rings. The maximum atomic E-state index is 5.99. The summed E-state index contributed by atoms with van der Waals surface area (Å²) >= 11 is 0. The Morgan fingerprint density at radius 3 is 2.18 bits per heavy atom. The Hall–Kier alpha value is -0.0800. The van der Waals surface area contributed by atoms with E-state index in [1.807, 2.05) is 0 Å². The molecule has 0 heterocycles.